The van der Waals surface area contributed by atoms with Gasteiger partial charge in [-0.3, -0.25) is 4.79 Å². The summed E-state index contributed by atoms with van der Waals surface area (Å²) in [5.41, 5.74) is 0.307. The summed E-state index contributed by atoms with van der Waals surface area (Å²) < 4.78 is 0.982. The molecule has 1 aromatic carbocycles. The fourth-order valence-corrected chi connectivity index (χ4v) is 2.26. The Bertz CT molecular complexity index is 371. The minimum Gasteiger partial charge on any atom is -0.481 e. The second-order valence-electron chi connectivity index (χ2n) is 3.89. The molecule has 14 heavy (non-hydrogen) atoms. The molecular weight excluding hydrogens is 244 g/mol. The summed E-state index contributed by atoms with van der Waals surface area (Å²) in [7, 11) is 0. The Labute approximate surface area is 91.1 Å². The molecule has 0 aliphatic heterocycles. The summed E-state index contributed by atoms with van der Waals surface area (Å²) in [6.45, 7) is 1.98. The van der Waals surface area contributed by atoms with Crippen molar-refractivity contribution < 1.29 is 9.90 Å². The van der Waals surface area contributed by atoms with Gasteiger partial charge >= 0.3 is 5.97 Å². The van der Waals surface area contributed by atoms with Crippen LogP contribution < -0.4 is 0 Å². The minimum atomic E-state index is -0.702. The van der Waals surface area contributed by atoms with Crippen LogP contribution in [0.25, 0.3) is 0 Å². The molecule has 1 aromatic rings. The summed E-state index contributed by atoms with van der Waals surface area (Å²) >= 11 is 3.34. The van der Waals surface area contributed by atoms with E-state index >= 15 is 0 Å². The van der Waals surface area contributed by atoms with Crippen molar-refractivity contribution >= 4 is 21.9 Å². The number of aliphatic carboxylic acids is 1. The molecule has 0 aromatic heterocycles. The standard InChI is InChI=1S/C11H11BrO2/c1-7-6-11(7,10(13)14)8-2-4-9(12)5-3-8/h2-5,7H,6H2,1H3,(H,13,14). The van der Waals surface area contributed by atoms with Crippen LogP contribution in [0.3, 0.4) is 0 Å². The second-order valence-corrected chi connectivity index (χ2v) is 4.80. The van der Waals surface area contributed by atoms with Gasteiger partial charge in [0.05, 0.1) is 5.41 Å². The van der Waals surface area contributed by atoms with Gasteiger partial charge in [0.15, 0.2) is 0 Å². The Balaban J connectivity index is 2.39. The van der Waals surface area contributed by atoms with E-state index in [4.69, 9.17) is 0 Å². The van der Waals surface area contributed by atoms with Crippen LogP contribution in [0.1, 0.15) is 18.9 Å². The van der Waals surface area contributed by atoms with Crippen LogP contribution >= 0.6 is 15.9 Å². The minimum absolute atomic E-state index is 0.251. The predicted molar refractivity (Wildman–Crippen MR) is 57.2 cm³/mol. The van der Waals surface area contributed by atoms with Gasteiger partial charge in [0.25, 0.3) is 0 Å². The van der Waals surface area contributed by atoms with Crippen molar-refractivity contribution in [2.75, 3.05) is 0 Å². The van der Waals surface area contributed by atoms with Gasteiger partial charge in [0.1, 0.15) is 0 Å². The molecule has 2 nitrogen and oxygen atoms in total. The molecule has 2 unspecified atom stereocenters. The molecule has 1 fully saturated rings. The van der Waals surface area contributed by atoms with Gasteiger partial charge in [-0.05, 0) is 30.0 Å². The summed E-state index contributed by atoms with van der Waals surface area (Å²) in [6, 6.07) is 7.57. The SMILES string of the molecule is CC1CC1(C(=O)O)c1ccc(Br)cc1. The summed E-state index contributed by atoms with van der Waals surface area (Å²) in [5, 5.41) is 9.19. The number of rotatable bonds is 2. The van der Waals surface area contributed by atoms with Crippen LogP contribution in [0.5, 0.6) is 0 Å². The molecule has 0 saturated heterocycles. The molecule has 0 spiro atoms. The molecular formula is C11H11BrO2. The van der Waals surface area contributed by atoms with Crippen molar-refractivity contribution in [2.45, 2.75) is 18.8 Å². The molecule has 1 N–H and O–H groups in total. The van der Waals surface area contributed by atoms with Crippen LogP contribution in [0.2, 0.25) is 0 Å². The molecule has 1 saturated carbocycles. The van der Waals surface area contributed by atoms with Crippen molar-refractivity contribution in [1.29, 1.82) is 0 Å². The van der Waals surface area contributed by atoms with Gasteiger partial charge in [-0.1, -0.05) is 35.0 Å². The molecule has 2 rings (SSSR count). The zero-order chi connectivity index (χ0) is 10.3. The topological polar surface area (TPSA) is 37.3 Å². The number of benzene rings is 1. The van der Waals surface area contributed by atoms with Gasteiger partial charge < -0.3 is 5.11 Å². The first-order valence-electron chi connectivity index (χ1n) is 4.57. The third kappa shape index (κ3) is 1.27. The van der Waals surface area contributed by atoms with Crippen LogP contribution in [0, 0.1) is 5.92 Å². The lowest BCUT2D eigenvalue weighted by molar-refractivity contribution is -0.140. The Kier molecular flexibility index (Phi) is 2.14. The van der Waals surface area contributed by atoms with Crippen molar-refractivity contribution in [1.82, 2.24) is 0 Å². The first-order chi connectivity index (χ1) is 6.57. The third-order valence-electron chi connectivity index (χ3n) is 3.05. The predicted octanol–water partition coefficient (Wildman–Crippen LogP) is 2.81. The molecule has 74 valence electrons. The number of carboxylic acid groups (broad SMARTS) is 1. The van der Waals surface area contributed by atoms with Crippen molar-refractivity contribution in [3.63, 3.8) is 0 Å². The van der Waals surface area contributed by atoms with E-state index in [0.29, 0.717) is 0 Å². The fourth-order valence-electron chi connectivity index (χ4n) is 2.00. The molecule has 0 bridgehead atoms. The molecule has 2 atom stereocenters. The molecule has 1 aliphatic carbocycles. The number of carbonyl (C=O) groups is 1. The van der Waals surface area contributed by atoms with Crippen molar-refractivity contribution in [2.24, 2.45) is 5.92 Å². The van der Waals surface area contributed by atoms with Crippen LogP contribution in [0.15, 0.2) is 28.7 Å². The highest BCUT2D eigenvalue weighted by molar-refractivity contribution is 9.10. The lowest BCUT2D eigenvalue weighted by Crippen LogP contribution is -2.21. The van der Waals surface area contributed by atoms with Gasteiger partial charge in [-0.25, -0.2) is 0 Å². The Hall–Kier alpha value is -0.830. The van der Waals surface area contributed by atoms with E-state index in [1.54, 1.807) is 0 Å². The zero-order valence-corrected chi connectivity index (χ0v) is 9.41. The van der Waals surface area contributed by atoms with E-state index in [-0.39, 0.29) is 5.92 Å². The van der Waals surface area contributed by atoms with Gasteiger partial charge in [0.2, 0.25) is 0 Å². The highest BCUT2D eigenvalue weighted by Gasteiger charge is 2.58. The molecule has 0 radical (unpaired) electrons. The lowest BCUT2D eigenvalue weighted by Gasteiger charge is -2.11. The second kappa shape index (κ2) is 3.09. The lowest BCUT2D eigenvalue weighted by atomic mass is 9.94. The van der Waals surface area contributed by atoms with Crippen molar-refractivity contribution in [3.8, 4) is 0 Å². The monoisotopic (exact) mass is 254 g/mol. The van der Waals surface area contributed by atoms with Crippen LogP contribution in [0.4, 0.5) is 0 Å². The van der Waals surface area contributed by atoms with E-state index in [2.05, 4.69) is 15.9 Å². The zero-order valence-electron chi connectivity index (χ0n) is 7.83. The summed E-state index contributed by atoms with van der Waals surface area (Å²) in [5.74, 6) is -0.450. The Morgan fingerprint density at radius 1 is 1.50 bits per heavy atom. The van der Waals surface area contributed by atoms with E-state index in [1.165, 1.54) is 0 Å². The highest BCUT2D eigenvalue weighted by atomic mass is 79.9. The molecule has 3 heteroatoms. The number of carboxylic acids is 1. The summed E-state index contributed by atoms with van der Waals surface area (Å²) in [6.07, 6.45) is 0.754. The van der Waals surface area contributed by atoms with Gasteiger partial charge in [-0.2, -0.15) is 0 Å². The third-order valence-corrected chi connectivity index (χ3v) is 3.58. The van der Waals surface area contributed by atoms with Crippen LogP contribution in [-0.2, 0) is 10.2 Å². The highest BCUT2D eigenvalue weighted by Crippen LogP contribution is 2.54. The first kappa shape index (κ1) is 9.71. The van der Waals surface area contributed by atoms with Crippen LogP contribution in [-0.4, -0.2) is 11.1 Å². The maximum absolute atomic E-state index is 11.2. The molecule has 0 heterocycles. The normalized spacial score (nSPS) is 30.0. The molecule has 0 amide bonds. The largest absolute Gasteiger partial charge is 0.481 e. The van der Waals surface area contributed by atoms with E-state index in [9.17, 15) is 9.90 Å². The quantitative estimate of drug-likeness (QED) is 0.882. The van der Waals surface area contributed by atoms with Gasteiger partial charge in [0, 0.05) is 4.47 Å². The van der Waals surface area contributed by atoms with E-state index < -0.39 is 11.4 Å². The number of hydrogen-bond acceptors (Lipinski definition) is 1. The summed E-state index contributed by atoms with van der Waals surface area (Å²) in [4.78, 5) is 11.2. The maximum Gasteiger partial charge on any atom is 0.314 e. The van der Waals surface area contributed by atoms with Crippen molar-refractivity contribution in [3.05, 3.63) is 34.3 Å². The van der Waals surface area contributed by atoms with Gasteiger partial charge in [-0.15, -0.1) is 0 Å². The van der Waals surface area contributed by atoms with E-state index in [1.807, 2.05) is 31.2 Å². The maximum atomic E-state index is 11.2. The average Bonchev–Trinajstić information content (AvgIpc) is 2.80. The Morgan fingerprint density at radius 2 is 2.00 bits per heavy atom. The fraction of sp³-hybridized carbons (Fsp3) is 0.364. The average molecular weight is 255 g/mol. The first-order valence-corrected chi connectivity index (χ1v) is 5.36. The van der Waals surface area contributed by atoms with E-state index in [0.717, 1.165) is 16.5 Å². The number of hydrogen-bond donors (Lipinski definition) is 1. The number of halogens is 1. The Morgan fingerprint density at radius 3 is 2.36 bits per heavy atom. The smallest absolute Gasteiger partial charge is 0.314 e. The molecule has 1 aliphatic rings.